The smallest absolute Gasteiger partial charge is 0.326 e. The van der Waals surface area contributed by atoms with Crippen LogP contribution in [0.15, 0.2) is 43.0 Å². The highest BCUT2D eigenvalue weighted by molar-refractivity contribution is 5.96. The summed E-state index contributed by atoms with van der Waals surface area (Å²) in [6.45, 7) is -0.895. The average molecular weight is 543 g/mol. The number of aromatic nitrogens is 3. The Labute approximate surface area is 221 Å². The largest absolute Gasteiger partial charge is 0.480 e. The summed E-state index contributed by atoms with van der Waals surface area (Å²) >= 11 is 0. The Bertz CT molecular complexity index is 1320. The SMILES string of the molecule is NC(=O)CC(NC(=O)C(N)Cc1cnc[nH]1)C(=O)NC(CO)C(=O)NC(Cc1c[nH]c2ccccc12)C(=O)O. The van der Waals surface area contributed by atoms with Crippen LogP contribution < -0.4 is 27.4 Å². The first-order chi connectivity index (χ1) is 18.6. The predicted molar refractivity (Wildman–Crippen MR) is 137 cm³/mol. The van der Waals surface area contributed by atoms with Crippen molar-refractivity contribution in [2.75, 3.05) is 6.61 Å². The maximum Gasteiger partial charge on any atom is 0.326 e. The van der Waals surface area contributed by atoms with Gasteiger partial charge in [0.25, 0.3) is 0 Å². The monoisotopic (exact) mass is 542 g/mol. The molecule has 2 heterocycles. The molecule has 4 atom stereocenters. The fourth-order valence-electron chi connectivity index (χ4n) is 3.87. The first-order valence-corrected chi connectivity index (χ1v) is 11.9. The van der Waals surface area contributed by atoms with Crippen molar-refractivity contribution >= 4 is 40.5 Å². The minimum atomic E-state index is -1.59. The van der Waals surface area contributed by atoms with Crippen LogP contribution in [0.5, 0.6) is 0 Å². The number of hydrogen-bond donors (Lipinski definition) is 9. The fourth-order valence-corrected chi connectivity index (χ4v) is 3.87. The summed E-state index contributed by atoms with van der Waals surface area (Å²) in [4.78, 5) is 71.2. The molecular formula is C24H30N8O7. The Morgan fingerprint density at radius 1 is 0.923 bits per heavy atom. The van der Waals surface area contributed by atoms with Gasteiger partial charge in [0, 0.05) is 41.8 Å². The number of imidazole rings is 1. The lowest BCUT2D eigenvalue weighted by Crippen LogP contribution is -2.59. The number of carbonyl (C=O) groups is 5. The summed E-state index contributed by atoms with van der Waals surface area (Å²) in [5, 5.41) is 27.0. The van der Waals surface area contributed by atoms with Gasteiger partial charge in [-0.3, -0.25) is 19.2 Å². The molecule has 15 nitrogen and oxygen atoms in total. The molecule has 0 fully saturated rings. The lowest BCUT2D eigenvalue weighted by atomic mass is 10.0. The maximum absolute atomic E-state index is 12.8. The predicted octanol–water partition coefficient (Wildman–Crippen LogP) is -2.59. The number of carboxylic acids is 1. The molecule has 1 aromatic carbocycles. The van der Waals surface area contributed by atoms with Crippen molar-refractivity contribution in [2.45, 2.75) is 43.4 Å². The van der Waals surface area contributed by atoms with Gasteiger partial charge in [-0.05, 0) is 11.6 Å². The number of rotatable bonds is 14. The van der Waals surface area contributed by atoms with E-state index in [1.807, 2.05) is 12.1 Å². The van der Waals surface area contributed by atoms with E-state index >= 15 is 0 Å². The van der Waals surface area contributed by atoms with Crippen molar-refractivity contribution in [3.63, 3.8) is 0 Å². The van der Waals surface area contributed by atoms with Gasteiger partial charge in [-0.15, -0.1) is 0 Å². The highest BCUT2D eigenvalue weighted by Crippen LogP contribution is 2.19. The molecule has 0 aliphatic rings. The zero-order chi connectivity index (χ0) is 28.5. The Hall–Kier alpha value is -4.76. The van der Waals surface area contributed by atoms with Crippen LogP contribution in [0.1, 0.15) is 17.7 Å². The van der Waals surface area contributed by atoms with Gasteiger partial charge < -0.3 is 47.6 Å². The Morgan fingerprint density at radius 3 is 2.23 bits per heavy atom. The lowest BCUT2D eigenvalue weighted by molar-refractivity contribution is -0.142. The van der Waals surface area contributed by atoms with Crippen LogP contribution in [-0.2, 0) is 36.8 Å². The van der Waals surface area contributed by atoms with E-state index in [1.54, 1.807) is 18.3 Å². The summed E-state index contributed by atoms with van der Waals surface area (Å²) in [6.07, 6.45) is 3.86. The number of aliphatic hydroxyl groups is 1. The van der Waals surface area contributed by atoms with E-state index in [0.717, 1.165) is 10.9 Å². The van der Waals surface area contributed by atoms with Gasteiger partial charge in [0.2, 0.25) is 23.6 Å². The molecule has 39 heavy (non-hydrogen) atoms. The van der Waals surface area contributed by atoms with Crippen LogP contribution in [0.4, 0.5) is 0 Å². The second-order valence-electron chi connectivity index (χ2n) is 8.83. The molecule has 0 bridgehead atoms. The summed E-state index contributed by atoms with van der Waals surface area (Å²) in [7, 11) is 0. The van der Waals surface area contributed by atoms with Crippen LogP contribution in [-0.4, -0.2) is 85.5 Å². The van der Waals surface area contributed by atoms with Gasteiger partial charge >= 0.3 is 5.97 Å². The molecular weight excluding hydrogens is 512 g/mol. The molecule has 4 unspecified atom stereocenters. The number of para-hydroxylation sites is 1. The third-order valence-corrected chi connectivity index (χ3v) is 5.90. The molecule has 2 aromatic heterocycles. The molecule has 0 saturated heterocycles. The summed E-state index contributed by atoms with van der Waals surface area (Å²) in [5.74, 6) is -5.03. The number of carboxylic acid groups (broad SMARTS) is 1. The molecule has 0 aliphatic heterocycles. The van der Waals surface area contributed by atoms with E-state index in [2.05, 4.69) is 30.9 Å². The summed E-state index contributed by atoms with van der Waals surface area (Å²) in [6, 6.07) is 1.63. The van der Waals surface area contributed by atoms with Crippen molar-refractivity contribution in [2.24, 2.45) is 11.5 Å². The normalized spacial score (nSPS) is 14.1. The molecule has 3 aromatic rings. The number of nitrogens with one attached hydrogen (secondary N) is 5. The number of carbonyl (C=O) groups excluding carboxylic acids is 4. The quantitative estimate of drug-likeness (QED) is 0.103. The third kappa shape index (κ3) is 7.86. The van der Waals surface area contributed by atoms with Crippen LogP contribution >= 0.6 is 0 Å². The maximum atomic E-state index is 12.8. The molecule has 15 heteroatoms. The molecule has 0 radical (unpaired) electrons. The molecule has 4 amide bonds. The molecule has 0 saturated carbocycles. The second-order valence-corrected chi connectivity index (χ2v) is 8.83. The summed E-state index contributed by atoms with van der Waals surface area (Å²) in [5.41, 5.74) is 13.1. The molecule has 0 spiro atoms. The van der Waals surface area contributed by atoms with Gasteiger partial charge in [0.15, 0.2) is 0 Å². The van der Waals surface area contributed by atoms with E-state index in [0.29, 0.717) is 11.3 Å². The van der Waals surface area contributed by atoms with E-state index in [1.165, 1.54) is 12.5 Å². The number of nitrogens with two attached hydrogens (primary N) is 2. The highest BCUT2D eigenvalue weighted by atomic mass is 16.4. The highest BCUT2D eigenvalue weighted by Gasteiger charge is 2.31. The first kappa shape index (κ1) is 28.8. The molecule has 208 valence electrons. The van der Waals surface area contributed by atoms with Crippen LogP contribution in [0.2, 0.25) is 0 Å². The van der Waals surface area contributed by atoms with E-state index < -0.39 is 66.8 Å². The number of nitrogens with zero attached hydrogens (tertiary/aromatic N) is 1. The van der Waals surface area contributed by atoms with Crippen molar-refractivity contribution in [3.05, 3.63) is 54.2 Å². The molecule has 11 N–H and O–H groups in total. The zero-order valence-electron chi connectivity index (χ0n) is 20.7. The van der Waals surface area contributed by atoms with Crippen LogP contribution in [0.3, 0.4) is 0 Å². The summed E-state index contributed by atoms with van der Waals surface area (Å²) < 4.78 is 0. The van der Waals surface area contributed by atoms with Gasteiger partial charge in [-0.1, -0.05) is 18.2 Å². The Balaban J connectivity index is 1.65. The minimum Gasteiger partial charge on any atom is -0.480 e. The van der Waals surface area contributed by atoms with Crippen molar-refractivity contribution in [3.8, 4) is 0 Å². The Kier molecular flexibility index (Phi) is 9.72. The Morgan fingerprint density at radius 2 is 1.59 bits per heavy atom. The topological polar surface area (TPSA) is 258 Å². The van der Waals surface area contributed by atoms with E-state index in [-0.39, 0.29) is 12.8 Å². The van der Waals surface area contributed by atoms with Crippen molar-refractivity contribution in [1.29, 1.82) is 0 Å². The third-order valence-electron chi connectivity index (χ3n) is 5.90. The number of H-pyrrole nitrogens is 2. The van der Waals surface area contributed by atoms with E-state index in [9.17, 15) is 34.2 Å². The van der Waals surface area contributed by atoms with Gasteiger partial charge in [-0.25, -0.2) is 9.78 Å². The van der Waals surface area contributed by atoms with Crippen molar-refractivity contribution < 1.29 is 34.2 Å². The van der Waals surface area contributed by atoms with E-state index in [4.69, 9.17) is 11.5 Å². The fraction of sp³-hybridized carbons (Fsp3) is 0.333. The van der Waals surface area contributed by atoms with Crippen LogP contribution in [0, 0.1) is 0 Å². The molecule has 3 rings (SSSR count). The number of aromatic amines is 2. The number of fused-ring (bicyclic) bond motifs is 1. The first-order valence-electron chi connectivity index (χ1n) is 11.9. The number of benzene rings is 1. The number of primary amides is 1. The van der Waals surface area contributed by atoms with Crippen LogP contribution in [0.25, 0.3) is 10.9 Å². The number of hydrogen-bond acceptors (Lipinski definition) is 8. The van der Waals surface area contributed by atoms with Crippen molar-refractivity contribution in [1.82, 2.24) is 30.9 Å². The number of aliphatic carboxylic acids is 1. The van der Waals surface area contributed by atoms with Gasteiger partial charge in [-0.2, -0.15) is 0 Å². The minimum absolute atomic E-state index is 0.0609. The average Bonchev–Trinajstić information content (AvgIpc) is 3.55. The second kappa shape index (κ2) is 13.2. The number of aliphatic hydroxyl groups excluding tert-OH is 1. The zero-order valence-corrected chi connectivity index (χ0v) is 20.7. The number of amides is 4. The lowest BCUT2D eigenvalue weighted by Gasteiger charge is -2.23. The standard InChI is InChI=1S/C24H30N8O7/c25-15(6-13-9-27-11-29-13)21(35)30-17(7-20(26)34)22(36)32-19(10-33)23(37)31-18(24(38)39)5-12-8-28-16-4-2-1-3-14(12)16/h1-4,8-9,11,15,17-19,28,33H,5-7,10,25H2,(H2,26,34)(H,27,29)(H,30,35)(H,31,37)(H,32,36)(H,38,39). The van der Waals surface area contributed by atoms with Gasteiger partial charge in [0.05, 0.1) is 25.4 Å². The van der Waals surface area contributed by atoms with Gasteiger partial charge in [0.1, 0.15) is 18.1 Å². The molecule has 0 aliphatic carbocycles.